The summed E-state index contributed by atoms with van der Waals surface area (Å²) in [4.78, 5) is 0. The van der Waals surface area contributed by atoms with Crippen molar-refractivity contribution in [3.8, 4) is 40.2 Å². The van der Waals surface area contributed by atoms with Gasteiger partial charge in [0.2, 0.25) is 0 Å². The number of hydrogen-bond donors (Lipinski definition) is 0. The van der Waals surface area contributed by atoms with Crippen LogP contribution < -0.4 is 0 Å². The molecule has 23 heavy (non-hydrogen) atoms. The zero-order valence-electron chi connectivity index (χ0n) is 12.9. The molecule has 3 aromatic rings. The van der Waals surface area contributed by atoms with E-state index >= 15 is 0 Å². The molecule has 0 fully saturated rings. The Labute approximate surface area is 136 Å². The van der Waals surface area contributed by atoms with Gasteiger partial charge in [-0.3, -0.25) is 0 Å². The van der Waals surface area contributed by atoms with Gasteiger partial charge in [0.15, 0.2) is 6.07 Å². The van der Waals surface area contributed by atoms with Gasteiger partial charge in [0.05, 0.1) is 0 Å². The highest BCUT2D eigenvalue weighted by Crippen LogP contribution is 2.25. The maximum Gasteiger partial charge on any atom is 0.152 e. The van der Waals surface area contributed by atoms with Crippen molar-refractivity contribution in [2.45, 2.75) is 6.92 Å². The number of rotatable bonds is 2. The van der Waals surface area contributed by atoms with Gasteiger partial charge < -0.3 is 0 Å². The number of hydrogen-bond acceptors (Lipinski definition) is 1. The number of benzene rings is 3. The van der Waals surface area contributed by atoms with E-state index in [1.807, 2.05) is 30.3 Å². The summed E-state index contributed by atoms with van der Waals surface area (Å²) in [6.45, 7) is 2.09. The van der Waals surface area contributed by atoms with Crippen molar-refractivity contribution in [2.24, 2.45) is 0 Å². The summed E-state index contributed by atoms with van der Waals surface area (Å²) in [6, 6.07) is 26.9. The molecule has 0 aromatic heterocycles. The van der Waals surface area contributed by atoms with E-state index in [2.05, 4.69) is 67.3 Å². The molecule has 0 heterocycles. The summed E-state index contributed by atoms with van der Waals surface area (Å²) in [5, 5.41) is 8.47. The molecule has 1 nitrogen and oxygen atoms in total. The van der Waals surface area contributed by atoms with Crippen LogP contribution in [0, 0.1) is 30.1 Å². The van der Waals surface area contributed by atoms with Crippen LogP contribution in [0.3, 0.4) is 0 Å². The lowest BCUT2D eigenvalue weighted by Gasteiger charge is -2.06. The fraction of sp³-hybridized carbons (Fsp3) is 0.0455. The van der Waals surface area contributed by atoms with Crippen LogP contribution in [0.2, 0.25) is 0 Å². The average molecular weight is 293 g/mol. The van der Waals surface area contributed by atoms with Crippen LogP contribution in [0.1, 0.15) is 11.1 Å². The molecular weight excluding hydrogens is 278 g/mol. The molecule has 0 unspecified atom stereocenters. The van der Waals surface area contributed by atoms with Crippen LogP contribution >= 0.6 is 0 Å². The third kappa shape index (κ3) is 3.49. The normalized spacial score (nSPS) is 9.57. The molecule has 108 valence electrons. The molecule has 0 aliphatic heterocycles. The molecular formula is C22H15N. The van der Waals surface area contributed by atoms with E-state index in [9.17, 15) is 0 Å². The van der Waals surface area contributed by atoms with Crippen LogP contribution in [-0.4, -0.2) is 0 Å². The lowest BCUT2D eigenvalue weighted by Crippen LogP contribution is -1.82. The van der Waals surface area contributed by atoms with E-state index in [0.29, 0.717) is 0 Å². The molecule has 0 saturated carbocycles. The number of nitrogens with zero attached hydrogens (tertiary/aromatic N) is 1. The van der Waals surface area contributed by atoms with E-state index in [4.69, 9.17) is 5.26 Å². The topological polar surface area (TPSA) is 23.8 Å². The first-order chi connectivity index (χ1) is 11.3. The van der Waals surface area contributed by atoms with Crippen molar-refractivity contribution in [3.05, 3.63) is 83.9 Å². The van der Waals surface area contributed by atoms with E-state index in [-0.39, 0.29) is 0 Å². The average Bonchev–Trinajstić information content (AvgIpc) is 2.61. The second-order valence-corrected chi connectivity index (χ2v) is 5.38. The molecule has 0 radical (unpaired) electrons. The largest absolute Gasteiger partial charge is 0.183 e. The highest BCUT2D eigenvalue weighted by Gasteiger charge is 2.00. The molecule has 0 atom stereocenters. The van der Waals surface area contributed by atoms with E-state index in [0.717, 1.165) is 11.1 Å². The zero-order valence-corrected chi connectivity index (χ0v) is 12.9. The molecule has 3 aromatic carbocycles. The second-order valence-electron chi connectivity index (χ2n) is 5.38. The second kappa shape index (κ2) is 6.65. The van der Waals surface area contributed by atoms with Crippen LogP contribution in [0.25, 0.3) is 22.3 Å². The Bertz CT molecular complexity index is 897. The van der Waals surface area contributed by atoms with Crippen molar-refractivity contribution in [2.75, 3.05) is 0 Å². The molecule has 0 spiro atoms. The van der Waals surface area contributed by atoms with Crippen LogP contribution in [0.4, 0.5) is 0 Å². The minimum absolute atomic E-state index is 0.853. The fourth-order valence-electron chi connectivity index (χ4n) is 2.45. The van der Waals surface area contributed by atoms with Crippen LogP contribution in [0.5, 0.6) is 0 Å². The zero-order chi connectivity index (χ0) is 16.1. The Morgan fingerprint density at radius 3 is 1.43 bits per heavy atom. The molecule has 0 aliphatic carbocycles. The third-order valence-corrected chi connectivity index (χ3v) is 3.75. The molecule has 0 N–H and O–H groups in total. The molecule has 0 saturated heterocycles. The first-order valence-corrected chi connectivity index (χ1v) is 7.44. The Kier molecular flexibility index (Phi) is 4.23. The van der Waals surface area contributed by atoms with Gasteiger partial charge in [0.25, 0.3) is 0 Å². The van der Waals surface area contributed by atoms with Crippen molar-refractivity contribution in [1.29, 1.82) is 5.26 Å². The van der Waals surface area contributed by atoms with Gasteiger partial charge in [-0.2, -0.15) is 5.26 Å². The van der Waals surface area contributed by atoms with Gasteiger partial charge in [-0.25, -0.2) is 0 Å². The standard InChI is InChI=1S/C22H15N/c1-17-4-8-19(9-5-17)21-12-14-22(15-13-21)20-10-6-18(7-11-20)3-2-16-23/h4-15H,1H3. The van der Waals surface area contributed by atoms with Gasteiger partial charge in [-0.1, -0.05) is 72.1 Å². The third-order valence-electron chi connectivity index (χ3n) is 3.75. The molecule has 0 aliphatic rings. The predicted molar refractivity (Wildman–Crippen MR) is 94.5 cm³/mol. The quantitative estimate of drug-likeness (QED) is 0.595. The van der Waals surface area contributed by atoms with Crippen molar-refractivity contribution < 1.29 is 0 Å². The van der Waals surface area contributed by atoms with Gasteiger partial charge >= 0.3 is 0 Å². The van der Waals surface area contributed by atoms with E-state index in [1.165, 1.54) is 22.3 Å². The summed E-state index contributed by atoms with van der Waals surface area (Å²) >= 11 is 0. The Morgan fingerprint density at radius 2 is 1.00 bits per heavy atom. The molecule has 0 amide bonds. The summed E-state index contributed by atoms with van der Waals surface area (Å²) in [5.41, 5.74) is 6.87. The SMILES string of the molecule is Cc1ccc(-c2ccc(-c3ccc(C#CC#N)cc3)cc2)cc1. The maximum absolute atomic E-state index is 8.47. The van der Waals surface area contributed by atoms with E-state index in [1.54, 1.807) is 0 Å². The minimum Gasteiger partial charge on any atom is -0.183 e. The predicted octanol–water partition coefficient (Wildman–Crippen LogP) is 5.20. The van der Waals surface area contributed by atoms with Gasteiger partial charge in [0, 0.05) is 11.5 Å². The first-order valence-electron chi connectivity index (χ1n) is 7.44. The lowest BCUT2D eigenvalue weighted by molar-refractivity contribution is 1.47. The highest BCUT2D eigenvalue weighted by atomic mass is 14.2. The van der Waals surface area contributed by atoms with Crippen molar-refractivity contribution in [1.82, 2.24) is 0 Å². The number of nitriles is 1. The molecule has 0 bridgehead atoms. The summed E-state index contributed by atoms with van der Waals surface area (Å²) in [6.07, 6.45) is 0. The lowest BCUT2D eigenvalue weighted by atomic mass is 9.99. The minimum atomic E-state index is 0.853. The van der Waals surface area contributed by atoms with E-state index < -0.39 is 0 Å². The van der Waals surface area contributed by atoms with Crippen molar-refractivity contribution >= 4 is 0 Å². The van der Waals surface area contributed by atoms with Crippen LogP contribution in [0.15, 0.2) is 72.8 Å². The summed E-state index contributed by atoms with van der Waals surface area (Å²) in [7, 11) is 0. The van der Waals surface area contributed by atoms with Gasteiger partial charge in [-0.15, -0.1) is 0 Å². The number of aryl methyl sites for hydroxylation is 1. The Balaban J connectivity index is 1.84. The van der Waals surface area contributed by atoms with Crippen LogP contribution in [-0.2, 0) is 0 Å². The summed E-state index contributed by atoms with van der Waals surface area (Å²) in [5.74, 6) is 5.21. The monoisotopic (exact) mass is 293 g/mol. The fourth-order valence-corrected chi connectivity index (χ4v) is 2.45. The highest BCUT2D eigenvalue weighted by molar-refractivity contribution is 5.70. The Hall–Kier alpha value is -3.29. The molecule has 1 heteroatoms. The van der Waals surface area contributed by atoms with Gasteiger partial charge in [-0.05, 0) is 41.3 Å². The maximum atomic E-state index is 8.47. The Morgan fingerprint density at radius 1 is 0.609 bits per heavy atom. The summed E-state index contributed by atoms with van der Waals surface area (Å²) < 4.78 is 0. The molecule has 3 rings (SSSR count). The first kappa shape index (κ1) is 14.6. The van der Waals surface area contributed by atoms with Gasteiger partial charge in [0.1, 0.15) is 0 Å². The van der Waals surface area contributed by atoms with Crippen molar-refractivity contribution in [3.63, 3.8) is 0 Å². The smallest absolute Gasteiger partial charge is 0.152 e.